The summed E-state index contributed by atoms with van der Waals surface area (Å²) in [6.45, 7) is 6.12. The Morgan fingerprint density at radius 2 is 2.29 bits per heavy atom. The number of anilines is 1. The van der Waals surface area contributed by atoms with Crippen molar-refractivity contribution in [2.75, 3.05) is 12.0 Å². The van der Waals surface area contributed by atoms with E-state index >= 15 is 0 Å². The lowest BCUT2D eigenvalue weighted by Gasteiger charge is -2.25. The summed E-state index contributed by atoms with van der Waals surface area (Å²) in [6, 6.07) is 1.36. The van der Waals surface area contributed by atoms with Gasteiger partial charge in [0, 0.05) is 18.8 Å². The Kier molecular flexibility index (Phi) is 4.39. The van der Waals surface area contributed by atoms with Gasteiger partial charge in [-0.15, -0.1) is 0 Å². The van der Waals surface area contributed by atoms with Crippen molar-refractivity contribution in [3.05, 3.63) is 23.6 Å². The molecule has 94 valence electrons. The molecule has 0 aromatic carbocycles. The van der Waals surface area contributed by atoms with Crippen molar-refractivity contribution >= 4 is 11.7 Å². The van der Waals surface area contributed by atoms with E-state index in [1.807, 2.05) is 20.8 Å². The quantitative estimate of drug-likeness (QED) is 0.616. The maximum Gasteiger partial charge on any atom is 0.257 e. The molecule has 0 spiro atoms. The van der Waals surface area contributed by atoms with Crippen LogP contribution in [-0.2, 0) is 0 Å². The number of amides is 1. The lowest BCUT2D eigenvalue weighted by molar-refractivity contribution is 0.0712. The average Bonchev–Trinajstić information content (AvgIpc) is 2.29. The topological polar surface area (TPSA) is 71.2 Å². The van der Waals surface area contributed by atoms with Crippen LogP contribution >= 0.6 is 0 Å². The molecule has 1 rings (SSSR count). The smallest absolute Gasteiger partial charge is 0.257 e. The number of pyridine rings is 1. The van der Waals surface area contributed by atoms with Crippen LogP contribution in [0, 0.1) is 5.82 Å². The number of hydrazine groups is 1. The lowest BCUT2D eigenvalue weighted by Crippen LogP contribution is -2.37. The number of carbonyl (C=O) groups excluding carboxylic acids is 1. The number of hydrogen-bond acceptors (Lipinski definition) is 4. The minimum Gasteiger partial charge on any atom is -0.336 e. The molecular weight excluding hydrogens is 223 g/mol. The largest absolute Gasteiger partial charge is 0.336 e. The Labute approximate surface area is 99.8 Å². The molecule has 1 aromatic heterocycles. The molecule has 0 bridgehead atoms. The molecule has 5 nitrogen and oxygen atoms in total. The summed E-state index contributed by atoms with van der Waals surface area (Å²) in [5, 5.41) is 0. The molecule has 0 radical (unpaired) electrons. The van der Waals surface area contributed by atoms with E-state index in [9.17, 15) is 9.18 Å². The average molecular weight is 240 g/mol. The van der Waals surface area contributed by atoms with E-state index in [-0.39, 0.29) is 23.3 Å². The van der Waals surface area contributed by atoms with E-state index in [0.717, 1.165) is 0 Å². The monoisotopic (exact) mass is 240 g/mol. The first-order valence-corrected chi connectivity index (χ1v) is 5.45. The fourth-order valence-corrected chi connectivity index (χ4v) is 1.61. The van der Waals surface area contributed by atoms with Crippen LogP contribution in [0.25, 0.3) is 0 Å². The third-order valence-electron chi connectivity index (χ3n) is 2.48. The van der Waals surface area contributed by atoms with Crippen LogP contribution in [0.5, 0.6) is 0 Å². The summed E-state index contributed by atoms with van der Waals surface area (Å²) >= 11 is 0. The third kappa shape index (κ3) is 2.71. The maximum atomic E-state index is 13.8. The van der Waals surface area contributed by atoms with Gasteiger partial charge in [-0.2, -0.15) is 0 Å². The van der Waals surface area contributed by atoms with Gasteiger partial charge in [0.05, 0.1) is 5.56 Å². The van der Waals surface area contributed by atoms with E-state index in [1.165, 1.54) is 12.3 Å². The van der Waals surface area contributed by atoms with Crippen molar-refractivity contribution < 1.29 is 9.18 Å². The standard InChI is InChI=1S/C11H17FN4O/c1-4-16(7(2)3)11(17)8-5-6-14-10(15-13)9(8)12/h5-7H,4,13H2,1-3H3,(H,14,15). The zero-order valence-electron chi connectivity index (χ0n) is 10.2. The maximum absolute atomic E-state index is 13.8. The molecule has 3 N–H and O–H groups in total. The molecular formula is C11H17FN4O. The summed E-state index contributed by atoms with van der Waals surface area (Å²) in [7, 11) is 0. The predicted molar refractivity (Wildman–Crippen MR) is 63.9 cm³/mol. The first-order chi connectivity index (χ1) is 8.02. The Hall–Kier alpha value is -1.69. The van der Waals surface area contributed by atoms with Crippen LogP contribution < -0.4 is 11.3 Å². The number of halogens is 1. The molecule has 1 heterocycles. The van der Waals surface area contributed by atoms with Gasteiger partial charge in [0.1, 0.15) is 0 Å². The van der Waals surface area contributed by atoms with Gasteiger partial charge in [-0.3, -0.25) is 4.79 Å². The second-order valence-corrected chi connectivity index (χ2v) is 3.85. The van der Waals surface area contributed by atoms with E-state index in [0.29, 0.717) is 6.54 Å². The van der Waals surface area contributed by atoms with Gasteiger partial charge in [0.15, 0.2) is 11.6 Å². The normalized spacial score (nSPS) is 10.5. The molecule has 6 heteroatoms. The van der Waals surface area contributed by atoms with E-state index in [2.05, 4.69) is 10.4 Å². The fourth-order valence-electron chi connectivity index (χ4n) is 1.61. The van der Waals surface area contributed by atoms with Crippen LogP contribution in [0.1, 0.15) is 31.1 Å². The highest BCUT2D eigenvalue weighted by molar-refractivity contribution is 5.95. The van der Waals surface area contributed by atoms with Crippen LogP contribution in [0.4, 0.5) is 10.2 Å². The molecule has 0 aliphatic heterocycles. The van der Waals surface area contributed by atoms with E-state index in [1.54, 1.807) is 4.90 Å². The lowest BCUT2D eigenvalue weighted by atomic mass is 10.2. The molecule has 0 atom stereocenters. The van der Waals surface area contributed by atoms with Crippen molar-refractivity contribution in [3.8, 4) is 0 Å². The second-order valence-electron chi connectivity index (χ2n) is 3.85. The summed E-state index contributed by atoms with van der Waals surface area (Å²) in [5.74, 6) is 3.90. The summed E-state index contributed by atoms with van der Waals surface area (Å²) in [4.78, 5) is 17.4. The van der Waals surface area contributed by atoms with Gasteiger partial charge in [0.25, 0.3) is 5.91 Å². The van der Waals surface area contributed by atoms with Crippen LogP contribution in [0.2, 0.25) is 0 Å². The molecule has 0 saturated carbocycles. The van der Waals surface area contributed by atoms with Gasteiger partial charge < -0.3 is 10.3 Å². The van der Waals surface area contributed by atoms with Gasteiger partial charge in [-0.1, -0.05) is 0 Å². The zero-order chi connectivity index (χ0) is 13.0. The van der Waals surface area contributed by atoms with Gasteiger partial charge in [-0.05, 0) is 26.8 Å². The Morgan fingerprint density at radius 3 is 2.76 bits per heavy atom. The highest BCUT2D eigenvalue weighted by Gasteiger charge is 2.22. The SMILES string of the molecule is CCN(C(=O)c1ccnc(NN)c1F)C(C)C. The number of aromatic nitrogens is 1. The van der Waals surface area contributed by atoms with Crippen LogP contribution in [0.3, 0.4) is 0 Å². The van der Waals surface area contributed by atoms with Crippen molar-refractivity contribution in [1.29, 1.82) is 0 Å². The Bertz CT molecular complexity index is 408. The van der Waals surface area contributed by atoms with Crippen molar-refractivity contribution in [1.82, 2.24) is 9.88 Å². The molecule has 1 amide bonds. The Balaban J connectivity index is 3.11. The van der Waals surface area contributed by atoms with Crippen molar-refractivity contribution in [2.24, 2.45) is 5.84 Å². The highest BCUT2D eigenvalue weighted by atomic mass is 19.1. The van der Waals surface area contributed by atoms with Crippen molar-refractivity contribution in [2.45, 2.75) is 26.8 Å². The number of nitrogens with one attached hydrogen (secondary N) is 1. The zero-order valence-corrected chi connectivity index (χ0v) is 10.2. The molecule has 0 fully saturated rings. The number of nitrogens with two attached hydrogens (primary N) is 1. The van der Waals surface area contributed by atoms with Crippen LogP contribution in [0.15, 0.2) is 12.3 Å². The van der Waals surface area contributed by atoms with E-state index in [4.69, 9.17) is 5.84 Å². The molecule has 0 saturated heterocycles. The number of hydrogen-bond donors (Lipinski definition) is 2. The molecule has 0 aliphatic carbocycles. The number of nitrogens with zero attached hydrogens (tertiary/aromatic N) is 2. The Morgan fingerprint density at radius 1 is 1.65 bits per heavy atom. The second kappa shape index (κ2) is 5.58. The van der Waals surface area contributed by atoms with Gasteiger partial charge >= 0.3 is 0 Å². The molecule has 1 aromatic rings. The summed E-state index contributed by atoms with van der Waals surface area (Å²) in [5.41, 5.74) is 2.10. The van der Waals surface area contributed by atoms with E-state index < -0.39 is 5.82 Å². The fraction of sp³-hybridized carbons (Fsp3) is 0.455. The molecule has 0 aliphatic rings. The number of carbonyl (C=O) groups is 1. The van der Waals surface area contributed by atoms with Crippen molar-refractivity contribution in [3.63, 3.8) is 0 Å². The minimum atomic E-state index is -0.723. The first kappa shape index (κ1) is 13.4. The highest BCUT2D eigenvalue weighted by Crippen LogP contribution is 2.17. The van der Waals surface area contributed by atoms with Crippen LogP contribution in [-0.4, -0.2) is 28.4 Å². The first-order valence-electron chi connectivity index (χ1n) is 5.45. The van der Waals surface area contributed by atoms with Gasteiger partial charge in [-0.25, -0.2) is 15.2 Å². The van der Waals surface area contributed by atoms with Gasteiger partial charge in [0.2, 0.25) is 0 Å². The third-order valence-corrected chi connectivity index (χ3v) is 2.48. The predicted octanol–water partition coefficient (Wildman–Crippen LogP) is 1.38. The summed E-state index contributed by atoms with van der Waals surface area (Å²) in [6.07, 6.45) is 1.35. The summed E-state index contributed by atoms with van der Waals surface area (Å²) < 4.78 is 13.8. The molecule has 0 unspecified atom stereocenters. The minimum absolute atomic E-state index is 0.00866. The number of nitrogen functional groups attached to an aromatic ring is 1. The molecule has 17 heavy (non-hydrogen) atoms. The number of rotatable bonds is 4.